The van der Waals surface area contributed by atoms with Gasteiger partial charge in [0.05, 0.1) is 10.7 Å². The molecule has 2 aromatic rings. The molecule has 0 aromatic heterocycles. The van der Waals surface area contributed by atoms with E-state index in [-0.39, 0.29) is 5.91 Å². The van der Waals surface area contributed by atoms with Gasteiger partial charge in [0.15, 0.2) is 0 Å². The summed E-state index contributed by atoms with van der Waals surface area (Å²) in [4.78, 5) is 12.3. The van der Waals surface area contributed by atoms with Crippen LogP contribution in [0.1, 0.15) is 21.5 Å². The molecule has 0 spiro atoms. The van der Waals surface area contributed by atoms with Crippen molar-refractivity contribution in [2.45, 2.75) is 13.8 Å². The number of aryl methyl sites for hydroxylation is 2. The van der Waals surface area contributed by atoms with Crippen LogP contribution in [0, 0.1) is 17.4 Å². The Morgan fingerprint density at radius 2 is 1.95 bits per heavy atom. The van der Waals surface area contributed by atoms with E-state index in [1.165, 1.54) is 0 Å². The summed E-state index contributed by atoms with van der Waals surface area (Å²) in [5.74, 6) is -0.170. The Morgan fingerprint density at radius 3 is 2.55 bits per heavy atom. The van der Waals surface area contributed by atoms with Gasteiger partial charge >= 0.3 is 0 Å². The molecular weight excluding hydrogens is 452 g/mol. The molecule has 0 atom stereocenters. The fraction of sp³-hybridized carbons (Fsp3) is 0.133. The highest BCUT2D eigenvalue weighted by Gasteiger charge is 2.12. The minimum Gasteiger partial charge on any atom is -0.321 e. The van der Waals surface area contributed by atoms with Crippen molar-refractivity contribution >= 4 is 61.7 Å². The Morgan fingerprint density at radius 1 is 1.25 bits per heavy atom. The molecule has 0 aliphatic carbocycles. The Balaban J connectivity index is 2.30. The van der Waals surface area contributed by atoms with E-state index in [1.807, 2.05) is 32.0 Å². The van der Waals surface area contributed by atoms with Crippen LogP contribution in [0.15, 0.2) is 34.8 Å². The van der Waals surface area contributed by atoms with Gasteiger partial charge in [-0.15, -0.1) is 0 Å². The molecular formula is C15H12BrClINO. The number of hydrogen-bond donors (Lipinski definition) is 1. The lowest BCUT2D eigenvalue weighted by Crippen LogP contribution is -2.13. The van der Waals surface area contributed by atoms with E-state index in [0.29, 0.717) is 10.6 Å². The number of carbonyl (C=O) groups is 1. The van der Waals surface area contributed by atoms with Gasteiger partial charge in [0.25, 0.3) is 5.91 Å². The van der Waals surface area contributed by atoms with Gasteiger partial charge in [-0.3, -0.25) is 4.79 Å². The highest BCUT2D eigenvalue weighted by molar-refractivity contribution is 14.1. The van der Waals surface area contributed by atoms with Crippen LogP contribution in [-0.4, -0.2) is 5.91 Å². The lowest BCUT2D eigenvalue weighted by molar-refractivity contribution is 0.102. The molecule has 5 heteroatoms. The summed E-state index contributed by atoms with van der Waals surface area (Å²) in [5, 5.41) is 3.50. The average molecular weight is 465 g/mol. The second-order valence-corrected chi connectivity index (χ2v) is 6.95. The lowest BCUT2D eigenvalue weighted by Gasteiger charge is -2.12. The molecule has 0 bridgehead atoms. The molecule has 1 N–H and O–H groups in total. The molecule has 104 valence electrons. The predicted molar refractivity (Wildman–Crippen MR) is 95.7 cm³/mol. The molecule has 0 fully saturated rings. The van der Waals surface area contributed by atoms with Gasteiger partial charge in [0.2, 0.25) is 0 Å². The Bertz CT molecular complexity index is 665. The number of benzene rings is 2. The zero-order valence-electron chi connectivity index (χ0n) is 10.9. The molecule has 20 heavy (non-hydrogen) atoms. The van der Waals surface area contributed by atoms with Gasteiger partial charge in [0, 0.05) is 13.6 Å². The van der Waals surface area contributed by atoms with E-state index in [2.05, 4.69) is 43.8 Å². The van der Waals surface area contributed by atoms with E-state index in [4.69, 9.17) is 11.6 Å². The molecule has 1 amide bonds. The van der Waals surface area contributed by atoms with Gasteiger partial charge in [-0.05, 0) is 87.8 Å². The first-order valence-electron chi connectivity index (χ1n) is 5.91. The first-order chi connectivity index (χ1) is 9.38. The van der Waals surface area contributed by atoms with E-state index in [1.54, 1.807) is 12.1 Å². The largest absolute Gasteiger partial charge is 0.321 e. The molecule has 2 nitrogen and oxygen atoms in total. The van der Waals surface area contributed by atoms with Crippen molar-refractivity contribution in [1.82, 2.24) is 0 Å². The third-order valence-corrected chi connectivity index (χ3v) is 5.05. The summed E-state index contributed by atoms with van der Waals surface area (Å²) in [5.41, 5.74) is 3.49. The molecule has 2 rings (SSSR count). The Hall–Kier alpha value is -0.590. The number of amides is 1. The van der Waals surface area contributed by atoms with Crippen LogP contribution in [0.25, 0.3) is 0 Å². The third kappa shape index (κ3) is 3.54. The van der Waals surface area contributed by atoms with Gasteiger partial charge in [0.1, 0.15) is 0 Å². The number of carbonyl (C=O) groups excluding carboxylic acids is 1. The maximum atomic E-state index is 12.3. The van der Waals surface area contributed by atoms with Crippen LogP contribution in [0.3, 0.4) is 0 Å². The van der Waals surface area contributed by atoms with Crippen molar-refractivity contribution in [3.05, 3.63) is 60.1 Å². The summed E-state index contributed by atoms with van der Waals surface area (Å²) in [6.07, 6.45) is 0. The molecule has 2 aromatic carbocycles. The minimum absolute atomic E-state index is 0.170. The summed E-state index contributed by atoms with van der Waals surface area (Å²) in [6, 6.07) is 9.27. The van der Waals surface area contributed by atoms with Crippen molar-refractivity contribution in [1.29, 1.82) is 0 Å². The number of halogens is 3. The van der Waals surface area contributed by atoms with E-state index in [9.17, 15) is 4.79 Å². The maximum absolute atomic E-state index is 12.3. The number of hydrogen-bond acceptors (Lipinski definition) is 1. The zero-order valence-corrected chi connectivity index (χ0v) is 15.4. The van der Waals surface area contributed by atoms with Gasteiger partial charge < -0.3 is 5.32 Å². The predicted octanol–water partition coefficient (Wildman–Crippen LogP) is 5.58. The normalized spacial score (nSPS) is 10.4. The molecule has 0 saturated heterocycles. The highest BCUT2D eigenvalue weighted by atomic mass is 127. The van der Waals surface area contributed by atoms with Crippen molar-refractivity contribution < 1.29 is 4.79 Å². The molecule has 0 aliphatic rings. The smallest absolute Gasteiger partial charge is 0.255 e. The topological polar surface area (TPSA) is 29.1 Å². The lowest BCUT2D eigenvalue weighted by atomic mass is 10.1. The SMILES string of the molecule is Cc1cc(C)c(NC(=O)c2ccc(I)c(Cl)c2)c(Br)c1. The molecule has 0 saturated carbocycles. The van der Waals surface area contributed by atoms with Crippen LogP contribution in [0.5, 0.6) is 0 Å². The fourth-order valence-corrected chi connectivity index (χ4v) is 3.19. The van der Waals surface area contributed by atoms with Gasteiger partial charge in [-0.2, -0.15) is 0 Å². The average Bonchev–Trinajstić information content (AvgIpc) is 2.36. The quantitative estimate of drug-likeness (QED) is 0.578. The Kier molecular flexibility index (Phi) is 5.09. The van der Waals surface area contributed by atoms with Crippen molar-refractivity contribution in [3.63, 3.8) is 0 Å². The van der Waals surface area contributed by atoms with Crippen molar-refractivity contribution in [2.24, 2.45) is 0 Å². The third-order valence-electron chi connectivity index (χ3n) is 2.85. The molecule has 0 aliphatic heterocycles. The van der Waals surface area contributed by atoms with Crippen LogP contribution in [0.4, 0.5) is 5.69 Å². The van der Waals surface area contributed by atoms with Crippen LogP contribution in [0.2, 0.25) is 5.02 Å². The zero-order chi connectivity index (χ0) is 14.9. The van der Waals surface area contributed by atoms with E-state index < -0.39 is 0 Å². The van der Waals surface area contributed by atoms with Gasteiger partial charge in [-0.25, -0.2) is 0 Å². The number of rotatable bonds is 2. The summed E-state index contributed by atoms with van der Waals surface area (Å²) < 4.78 is 1.80. The standard InChI is InChI=1S/C15H12BrClINO/c1-8-5-9(2)14(11(16)6-8)19-15(20)10-3-4-13(18)12(17)7-10/h3-7H,1-2H3,(H,19,20). The van der Waals surface area contributed by atoms with Crippen molar-refractivity contribution in [2.75, 3.05) is 5.32 Å². The first-order valence-corrected chi connectivity index (χ1v) is 8.16. The van der Waals surface area contributed by atoms with Crippen LogP contribution < -0.4 is 5.32 Å². The molecule has 0 heterocycles. The molecule has 0 unspecified atom stereocenters. The monoisotopic (exact) mass is 463 g/mol. The number of anilines is 1. The number of nitrogens with one attached hydrogen (secondary N) is 1. The van der Waals surface area contributed by atoms with Gasteiger partial charge in [-0.1, -0.05) is 17.7 Å². The Labute approximate surface area is 145 Å². The minimum atomic E-state index is -0.170. The van der Waals surface area contributed by atoms with Crippen molar-refractivity contribution in [3.8, 4) is 0 Å². The second kappa shape index (κ2) is 6.45. The van der Waals surface area contributed by atoms with Crippen LogP contribution in [-0.2, 0) is 0 Å². The maximum Gasteiger partial charge on any atom is 0.255 e. The summed E-state index contributed by atoms with van der Waals surface area (Å²) >= 11 is 11.7. The highest BCUT2D eigenvalue weighted by Crippen LogP contribution is 2.28. The van der Waals surface area contributed by atoms with E-state index >= 15 is 0 Å². The summed E-state index contributed by atoms with van der Waals surface area (Å²) in [7, 11) is 0. The van der Waals surface area contributed by atoms with E-state index in [0.717, 1.165) is 24.9 Å². The second-order valence-electron chi connectivity index (χ2n) is 4.52. The van der Waals surface area contributed by atoms with Crippen LogP contribution >= 0.6 is 50.1 Å². The summed E-state index contributed by atoms with van der Waals surface area (Å²) in [6.45, 7) is 3.98. The first kappa shape index (κ1) is 15.8. The molecule has 0 radical (unpaired) electrons. The fourth-order valence-electron chi connectivity index (χ4n) is 1.90.